The molecule has 0 radical (unpaired) electrons. The number of nitrogens with zero attached hydrogens (tertiary/aromatic N) is 1. The molecule has 1 heterocycles. The Morgan fingerprint density at radius 2 is 1.88 bits per heavy atom. The van der Waals surface area contributed by atoms with Gasteiger partial charge >= 0.3 is 5.63 Å². The van der Waals surface area contributed by atoms with E-state index in [0.29, 0.717) is 16.4 Å². The van der Waals surface area contributed by atoms with E-state index < -0.39 is 11.5 Å². The van der Waals surface area contributed by atoms with Crippen LogP contribution in [0.15, 0.2) is 57.8 Å². The summed E-state index contributed by atoms with van der Waals surface area (Å²) in [6.07, 6.45) is 0. The number of anilines is 1. The molecule has 6 heteroatoms. The monoisotopic (exact) mass is 342 g/mol. The van der Waals surface area contributed by atoms with E-state index in [1.807, 2.05) is 37.3 Å². The zero-order valence-electron chi connectivity index (χ0n) is 13.2. The number of amides is 1. The van der Waals surface area contributed by atoms with Crippen LogP contribution in [0, 0.1) is 6.92 Å². The molecule has 3 rings (SSSR count). The molecule has 3 aromatic rings. The van der Waals surface area contributed by atoms with Crippen LogP contribution in [0.1, 0.15) is 15.9 Å². The number of halogens is 1. The lowest BCUT2D eigenvalue weighted by atomic mass is 10.1. The van der Waals surface area contributed by atoms with E-state index in [9.17, 15) is 9.59 Å². The second-order valence-corrected chi connectivity index (χ2v) is 5.82. The Morgan fingerprint density at radius 1 is 1.17 bits per heavy atom. The number of benzene rings is 2. The van der Waals surface area contributed by atoms with Gasteiger partial charge in [0.05, 0.1) is 0 Å². The normalized spacial score (nSPS) is 10.6. The molecule has 0 saturated carbocycles. The third-order valence-corrected chi connectivity index (χ3v) is 3.93. The topological polar surface area (TPSA) is 64.2 Å². The third-order valence-electron chi connectivity index (χ3n) is 3.70. The molecule has 0 spiro atoms. The summed E-state index contributed by atoms with van der Waals surface area (Å²) in [4.78, 5) is 24.8. The highest BCUT2D eigenvalue weighted by molar-refractivity contribution is 6.31. The summed E-state index contributed by atoms with van der Waals surface area (Å²) in [7, 11) is 1.59. The first-order chi connectivity index (χ1) is 11.5. The first-order valence-corrected chi connectivity index (χ1v) is 7.68. The summed E-state index contributed by atoms with van der Waals surface area (Å²) in [6, 6.07) is 14.3. The summed E-state index contributed by atoms with van der Waals surface area (Å²) in [6.45, 7) is 1.84. The van der Waals surface area contributed by atoms with Crippen molar-refractivity contribution < 1.29 is 9.32 Å². The van der Waals surface area contributed by atoms with Gasteiger partial charge in [-0.15, -0.1) is 0 Å². The van der Waals surface area contributed by atoms with E-state index in [0.717, 1.165) is 11.1 Å². The zero-order valence-corrected chi connectivity index (χ0v) is 13.9. The zero-order chi connectivity index (χ0) is 17.3. The molecule has 0 aliphatic heterocycles. The smallest absolute Gasteiger partial charge is 0.335 e. The largest absolute Gasteiger partial charge is 0.370 e. The molecule has 0 aliphatic carbocycles. The lowest BCUT2D eigenvalue weighted by Crippen LogP contribution is -2.19. The number of aryl methyl sites for hydroxylation is 2. The second kappa shape index (κ2) is 6.37. The minimum Gasteiger partial charge on any atom is -0.335 e. The third kappa shape index (κ3) is 2.98. The van der Waals surface area contributed by atoms with Gasteiger partial charge in [-0.2, -0.15) is 0 Å². The SMILES string of the molecule is Cc1ccc(Cl)cc1NC(=O)c1c(-c2ccccc2)n(C)oc1=O. The lowest BCUT2D eigenvalue weighted by Gasteiger charge is -2.09. The number of hydrogen-bond acceptors (Lipinski definition) is 3. The molecule has 0 aliphatic rings. The summed E-state index contributed by atoms with van der Waals surface area (Å²) in [5, 5.41) is 3.23. The van der Waals surface area contributed by atoms with Gasteiger partial charge in [0.25, 0.3) is 5.91 Å². The molecule has 0 unspecified atom stereocenters. The van der Waals surface area contributed by atoms with E-state index in [-0.39, 0.29) is 5.56 Å². The van der Waals surface area contributed by atoms with E-state index in [4.69, 9.17) is 16.1 Å². The first-order valence-electron chi connectivity index (χ1n) is 7.30. The maximum atomic E-state index is 12.7. The van der Waals surface area contributed by atoms with Gasteiger partial charge in [0, 0.05) is 23.3 Å². The van der Waals surface area contributed by atoms with Gasteiger partial charge in [-0.1, -0.05) is 48.0 Å². The van der Waals surface area contributed by atoms with Crippen molar-refractivity contribution in [2.24, 2.45) is 7.05 Å². The van der Waals surface area contributed by atoms with Gasteiger partial charge in [-0.05, 0) is 24.6 Å². The van der Waals surface area contributed by atoms with Gasteiger partial charge in [0.15, 0.2) is 5.56 Å². The average Bonchev–Trinajstić information content (AvgIpc) is 2.86. The van der Waals surface area contributed by atoms with E-state index >= 15 is 0 Å². The van der Waals surface area contributed by atoms with Crippen LogP contribution in [0.4, 0.5) is 5.69 Å². The Morgan fingerprint density at radius 3 is 2.58 bits per heavy atom. The summed E-state index contributed by atoms with van der Waals surface area (Å²) in [5.41, 5.74) is 1.82. The van der Waals surface area contributed by atoms with E-state index in [1.165, 1.54) is 4.74 Å². The number of carbonyl (C=O) groups excluding carboxylic acids is 1. The van der Waals surface area contributed by atoms with Crippen molar-refractivity contribution in [2.75, 3.05) is 5.32 Å². The summed E-state index contributed by atoms with van der Waals surface area (Å²) < 4.78 is 6.39. The maximum Gasteiger partial charge on any atom is 0.370 e. The van der Waals surface area contributed by atoms with Crippen LogP contribution in [0.2, 0.25) is 5.02 Å². The minimum absolute atomic E-state index is 0.0388. The molecule has 0 atom stereocenters. The van der Waals surface area contributed by atoms with Crippen LogP contribution in [0.3, 0.4) is 0 Å². The fourth-order valence-electron chi connectivity index (χ4n) is 2.51. The molecule has 122 valence electrons. The van der Waals surface area contributed by atoms with Crippen molar-refractivity contribution in [3.8, 4) is 11.3 Å². The van der Waals surface area contributed by atoms with Crippen molar-refractivity contribution in [1.29, 1.82) is 0 Å². The highest BCUT2D eigenvalue weighted by Gasteiger charge is 2.24. The van der Waals surface area contributed by atoms with Crippen molar-refractivity contribution in [1.82, 2.24) is 4.74 Å². The summed E-state index contributed by atoms with van der Waals surface area (Å²) in [5.74, 6) is -0.534. The van der Waals surface area contributed by atoms with E-state index in [1.54, 1.807) is 25.2 Å². The second-order valence-electron chi connectivity index (χ2n) is 5.38. The van der Waals surface area contributed by atoms with Gasteiger partial charge in [-0.3, -0.25) is 4.79 Å². The van der Waals surface area contributed by atoms with Crippen LogP contribution < -0.4 is 10.9 Å². The molecule has 2 aromatic carbocycles. The summed E-state index contributed by atoms with van der Waals surface area (Å²) >= 11 is 5.97. The molecule has 24 heavy (non-hydrogen) atoms. The van der Waals surface area contributed by atoms with Crippen LogP contribution in [0.25, 0.3) is 11.3 Å². The predicted octanol–water partition coefficient (Wildman–Crippen LogP) is 3.86. The fraction of sp³-hybridized carbons (Fsp3) is 0.111. The van der Waals surface area contributed by atoms with Gasteiger partial charge in [0.2, 0.25) is 0 Å². The van der Waals surface area contributed by atoms with Crippen molar-refractivity contribution in [3.63, 3.8) is 0 Å². The Balaban J connectivity index is 2.05. The standard InChI is InChI=1S/C18H15ClN2O3/c1-11-8-9-13(19)10-14(11)20-17(22)15-16(21(2)24-18(15)23)12-6-4-3-5-7-12/h3-10H,1-2H3,(H,20,22). The number of nitrogens with one attached hydrogen (secondary N) is 1. The molecule has 0 saturated heterocycles. The Kier molecular flexibility index (Phi) is 4.27. The van der Waals surface area contributed by atoms with Crippen molar-refractivity contribution in [2.45, 2.75) is 6.92 Å². The molecule has 1 amide bonds. The number of aromatic nitrogens is 1. The maximum absolute atomic E-state index is 12.7. The number of hydrogen-bond donors (Lipinski definition) is 1. The van der Waals surface area contributed by atoms with Gasteiger partial charge < -0.3 is 9.84 Å². The van der Waals surface area contributed by atoms with Crippen molar-refractivity contribution >= 4 is 23.2 Å². The molecule has 0 bridgehead atoms. The Bertz CT molecular complexity index is 958. The van der Waals surface area contributed by atoms with Crippen LogP contribution >= 0.6 is 11.6 Å². The fourth-order valence-corrected chi connectivity index (χ4v) is 2.68. The van der Waals surface area contributed by atoms with Crippen LogP contribution in [-0.4, -0.2) is 10.6 Å². The van der Waals surface area contributed by atoms with Crippen LogP contribution in [0.5, 0.6) is 0 Å². The quantitative estimate of drug-likeness (QED) is 0.786. The molecule has 0 fully saturated rings. The molecule has 5 nitrogen and oxygen atoms in total. The molecule has 1 aromatic heterocycles. The molecule has 1 N–H and O–H groups in total. The number of carbonyl (C=O) groups is 1. The Labute approximate surface area is 143 Å². The molecular weight excluding hydrogens is 328 g/mol. The number of rotatable bonds is 3. The van der Waals surface area contributed by atoms with Crippen LogP contribution in [-0.2, 0) is 7.05 Å². The van der Waals surface area contributed by atoms with Crippen molar-refractivity contribution in [3.05, 3.63) is 75.1 Å². The highest BCUT2D eigenvalue weighted by atomic mass is 35.5. The lowest BCUT2D eigenvalue weighted by molar-refractivity contribution is 0.102. The van der Waals surface area contributed by atoms with Gasteiger partial charge in [0.1, 0.15) is 5.69 Å². The minimum atomic E-state index is -0.687. The first kappa shape index (κ1) is 16.1. The highest BCUT2D eigenvalue weighted by Crippen LogP contribution is 2.24. The Hall–Kier alpha value is -2.79. The average molecular weight is 343 g/mol. The van der Waals surface area contributed by atoms with E-state index in [2.05, 4.69) is 5.32 Å². The van der Waals surface area contributed by atoms with Gasteiger partial charge in [-0.25, -0.2) is 9.53 Å². The predicted molar refractivity (Wildman–Crippen MR) is 93.5 cm³/mol. The molecular formula is C18H15ClN2O3.